The summed E-state index contributed by atoms with van der Waals surface area (Å²) in [4.78, 5) is 26.0. The summed E-state index contributed by atoms with van der Waals surface area (Å²) in [7, 11) is 0. The first-order valence-electron chi connectivity index (χ1n) is 6.50. The summed E-state index contributed by atoms with van der Waals surface area (Å²) in [5, 5.41) is 2.03. The Hall–Kier alpha value is -1.55. The lowest BCUT2D eigenvalue weighted by atomic mass is 9.77. The maximum atomic E-state index is 12.4. The Kier molecular flexibility index (Phi) is 2.78. The van der Waals surface area contributed by atoms with Crippen molar-refractivity contribution in [3.63, 3.8) is 0 Å². The van der Waals surface area contributed by atoms with Gasteiger partial charge in [0.15, 0.2) is 5.54 Å². The standard InChI is InChI=1S/C14H15ClN2O2/c1-2-3-8-17-12(18)11(15)14(17)9-6-4-5-7-10(9)16-13(14)19/h4-7,11H,2-3,8H2,1H3,(H,16,19)/t11-,14-/m0/s1. The van der Waals surface area contributed by atoms with E-state index < -0.39 is 10.9 Å². The number of carbonyl (C=O) groups is 2. The summed E-state index contributed by atoms with van der Waals surface area (Å²) in [6.07, 6.45) is 1.84. The Morgan fingerprint density at radius 1 is 1.37 bits per heavy atom. The molecule has 4 nitrogen and oxygen atoms in total. The van der Waals surface area contributed by atoms with Crippen molar-refractivity contribution >= 4 is 29.1 Å². The molecule has 1 N–H and O–H groups in total. The molecule has 0 radical (unpaired) electrons. The van der Waals surface area contributed by atoms with Crippen LogP contribution in [0.1, 0.15) is 25.3 Å². The minimum atomic E-state index is -0.996. The van der Waals surface area contributed by atoms with Crippen LogP contribution in [-0.4, -0.2) is 28.6 Å². The molecule has 0 aromatic heterocycles. The number of hydrogen-bond donors (Lipinski definition) is 1. The molecule has 0 aliphatic carbocycles. The van der Waals surface area contributed by atoms with E-state index in [0.29, 0.717) is 6.54 Å². The van der Waals surface area contributed by atoms with Crippen molar-refractivity contribution in [3.05, 3.63) is 29.8 Å². The first-order valence-corrected chi connectivity index (χ1v) is 6.94. The maximum Gasteiger partial charge on any atom is 0.257 e. The van der Waals surface area contributed by atoms with Crippen LogP contribution in [0.5, 0.6) is 0 Å². The Morgan fingerprint density at radius 3 is 2.84 bits per heavy atom. The monoisotopic (exact) mass is 278 g/mol. The molecule has 100 valence electrons. The number of alkyl halides is 1. The number of β-lactam (4-membered cyclic amide) rings is 1. The Labute approximate surface area is 116 Å². The van der Waals surface area contributed by atoms with E-state index in [9.17, 15) is 9.59 Å². The van der Waals surface area contributed by atoms with E-state index in [2.05, 4.69) is 12.2 Å². The van der Waals surface area contributed by atoms with Crippen LogP contribution >= 0.6 is 11.6 Å². The normalized spacial score (nSPS) is 28.3. The van der Waals surface area contributed by atoms with E-state index >= 15 is 0 Å². The fourth-order valence-electron chi connectivity index (χ4n) is 2.95. The fourth-order valence-corrected chi connectivity index (χ4v) is 3.40. The minimum absolute atomic E-state index is 0.151. The molecule has 1 spiro atoms. The summed E-state index contributed by atoms with van der Waals surface area (Å²) < 4.78 is 0. The number of nitrogens with zero attached hydrogens (tertiary/aromatic N) is 1. The van der Waals surface area contributed by atoms with Crippen molar-refractivity contribution in [1.82, 2.24) is 4.90 Å². The molecule has 1 saturated heterocycles. The fraction of sp³-hybridized carbons (Fsp3) is 0.429. The molecule has 2 aliphatic heterocycles. The van der Waals surface area contributed by atoms with Crippen molar-refractivity contribution in [2.45, 2.75) is 30.7 Å². The van der Waals surface area contributed by atoms with Gasteiger partial charge in [0.2, 0.25) is 5.91 Å². The third kappa shape index (κ3) is 1.40. The molecule has 1 fully saturated rings. The zero-order valence-electron chi connectivity index (χ0n) is 10.6. The Balaban J connectivity index is 2.06. The third-order valence-corrected chi connectivity index (χ3v) is 4.45. The SMILES string of the molecule is CCCCN1C(=O)[C@H](Cl)[C@@]12C(=O)Nc1ccccc12. The number of likely N-dealkylation sites (tertiary alicyclic amines) is 1. The quantitative estimate of drug-likeness (QED) is 0.680. The van der Waals surface area contributed by atoms with Crippen molar-refractivity contribution in [2.24, 2.45) is 0 Å². The zero-order valence-corrected chi connectivity index (χ0v) is 11.4. The van der Waals surface area contributed by atoms with E-state index in [-0.39, 0.29) is 11.8 Å². The Bertz CT molecular complexity index is 560. The molecule has 2 atom stereocenters. The van der Waals surface area contributed by atoms with Gasteiger partial charge in [0.05, 0.1) is 0 Å². The van der Waals surface area contributed by atoms with Crippen LogP contribution in [0.15, 0.2) is 24.3 Å². The number of anilines is 1. The zero-order chi connectivity index (χ0) is 13.6. The first kappa shape index (κ1) is 12.5. The number of fused-ring (bicyclic) bond motifs is 2. The summed E-state index contributed by atoms with van der Waals surface area (Å²) >= 11 is 6.21. The molecule has 5 heteroatoms. The van der Waals surface area contributed by atoms with Crippen LogP contribution in [0, 0.1) is 0 Å². The molecule has 0 unspecified atom stereocenters. The lowest BCUT2D eigenvalue weighted by molar-refractivity contribution is -0.163. The molecular weight excluding hydrogens is 264 g/mol. The largest absolute Gasteiger partial charge is 0.323 e. The molecule has 3 rings (SSSR count). The second-order valence-electron chi connectivity index (χ2n) is 4.97. The number of hydrogen-bond acceptors (Lipinski definition) is 2. The number of nitrogens with one attached hydrogen (secondary N) is 1. The molecule has 1 aromatic carbocycles. The highest BCUT2D eigenvalue weighted by molar-refractivity contribution is 6.38. The van der Waals surface area contributed by atoms with Crippen LogP contribution < -0.4 is 5.32 Å². The predicted octanol–water partition coefficient (Wildman–Crippen LogP) is 2.08. The lowest BCUT2D eigenvalue weighted by Gasteiger charge is -2.51. The van der Waals surface area contributed by atoms with E-state index in [1.165, 1.54) is 0 Å². The minimum Gasteiger partial charge on any atom is -0.323 e. The highest BCUT2D eigenvalue weighted by Gasteiger charge is 2.68. The molecule has 2 heterocycles. The maximum absolute atomic E-state index is 12.4. The van der Waals surface area contributed by atoms with Gasteiger partial charge in [0, 0.05) is 17.8 Å². The van der Waals surface area contributed by atoms with Crippen LogP contribution in [0.4, 0.5) is 5.69 Å². The lowest BCUT2D eigenvalue weighted by Crippen LogP contribution is -2.72. The van der Waals surface area contributed by atoms with Crippen LogP contribution in [0.2, 0.25) is 0 Å². The number of unbranched alkanes of at least 4 members (excludes halogenated alkanes) is 1. The second-order valence-corrected chi connectivity index (χ2v) is 5.41. The molecule has 2 aliphatic rings. The smallest absolute Gasteiger partial charge is 0.257 e. The third-order valence-electron chi connectivity index (χ3n) is 3.94. The van der Waals surface area contributed by atoms with Crippen LogP contribution in [0.25, 0.3) is 0 Å². The molecule has 0 bridgehead atoms. The highest BCUT2D eigenvalue weighted by Crippen LogP contribution is 2.51. The molecular formula is C14H15ClN2O2. The average molecular weight is 279 g/mol. The highest BCUT2D eigenvalue weighted by atomic mass is 35.5. The molecule has 19 heavy (non-hydrogen) atoms. The van der Waals surface area contributed by atoms with Gasteiger partial charge in [-0.3, -0.25) is 9.59 Å². The van der Waals surface area contributed by atoms with Crippen LogP contribution in [0.3, 0.4) is 0 Å². The van der Waals surface area contributed by atoms with Crippen LogP contribution in [-0.2, 0) is 15.1 Å². The van der Waals surface area contributed by atoms with Gasteiger partial charge in [-0.05, 0) is 12.5 Å². The second kappa shape index (κ2) is 4.23. The number of rotatable bonds is 3. The first-order chi connectivity index (χ1) is 9.14. The number of para-hydroxylation sites is 1. The van der Waals surface area contributed by atoms with Crippen molar-refractivity contribution < 1.29 is 9.59 Å². The average Bonchev–Trinajstić information content (AvgIpc) is 2.73. The van der Waals surface area contributed by atoms with Crippen molar-refractivity contribution in [3.8, 4) is 0 Å². The van der Waals surface area contributed by atoms with Gasteiger partial charge >= 0.3 is 0 Å². The number of halogens is 1. The van der Waals surface area contributed by atoms with Crippen molar-refractivity contribution in [1.29, 1.82) is 0 Å². The van der Waals surface area contributed by atoms with Gasteiger partial charge in [0.25, 0.3) is 5.91 Å². The van der Waals surface area contributed by atoms with E-state index in [1.54, 1.807) is 4.90 Å². The molecule has 0 saturated carbocycles. The van der Waals surface area contributed by atoms with Gasteiger partial charge in [-0.1, -0.05) is 31.5 Å². The van der Waals surface area contributed by atoms with Crippen molar-refractivity contribution in [2.75, 3.05) is 11.9 Å². The summed E-state index contributed by atoms with van der Waals surface area (Å²) in [6.45, 7) is 2.62. The number of carbonyl (C=O) groups excluding carboxylic acids is 2. The van der Waals surface area contributed by atoms with E-state index in [4.69, 9.17) is 11.6 Å². The van der Waals surface area contributed by atoms with Gasteiger partial charge in [-0.2, -0.15) is 0 Å². The van der Waals surface area contributed by atoms with Gasteiger partial charge in [-0.25, -0.2) is 0 Å². The molecule has 1 aromatic rings. The summed E-state index contributed by atoms with van der Waals surface area (Å²) in [5.74, 6) is -0.341. The summed E-state index contributed by atoms with van der Waals surface area (Å²) in [5.41, 5.74) is 0.576. The predicted molar refractivity (Wildman–Crippen MR) is 73.0 cm³/mol. The summed E-state index contributed by atoms with van der Waals surface area (Å²) in [6, 6.07) is 7.43. The van der Waals surface area contributed by atoms with Gasteiger partial charge < -0.3 is 10.2 Å². The van der Waals surface area contributed by atoms with E-state index in [0.717, 1.165) is 24.1 Å². The molecule has 2 amide bonds. The Morgan fingerprint density at radius 2 is 2.11 bits per heavy atom. The number of benzene rings is 1. The van der Waals surface area contributed by atoms with Gasteiger partial charge in [-0.15, -0.1) is 11.6 Å². The van der Waals surface area contributed by atoms with Gasteiger partial charge in [0.1, 0.15) is 5.38 Å². The number of amides is 2. The topological polar surface area (TPSA) is 49.4 Å². The van der Waals surface area contributed by atoms with E-state index in [1.807, 2.05) is 24.3 Å².